The molecule has 0 spiro atoms. The highest BCUT2D eigenvalue weighted by atomic mass is 32.2. The number of hydrogen-bond donors (Lipinski definition) is 1. The molecule has 0 fully saturated rings. The van der Waals surface area contributed by atoms with Gasteiger partial charge in [0.25, 0.3) is 0 Å². The summed E-state index contributed by atoms with van der Waals surface area (Å²) in [5, 5.41) is 3.03. The molecule has 4 aromatic carbocycles. The van der Waals surface area contributed by atoms with E-state index in [1.165, 1.54) is 4.31 Å². The van der Waals surface area contributed by atoms with Gasteiger partial charge >= 0.3 is 0 Å². The van der Waals surface area contributed by atoms with Gasteiger partial charge in [0, 0.05) is 17.8 Å². The van der Waals surface area contributed by atoms with Gasteiger partial charge in [0.1, 0.15) is 6.04 Å². The molecular weight excluding hydrogens is 456 g/mol. The van der Waals surface area contributed by atoms with Gasteiger partial charge < -0.3 is 5.32 Å². The number of benzene rings is 4. The molecule has 5 nitrogen and oxygen atoms in total. The number of hydrogen-bond acceptors (Lipinski definition) is 3. The molecule has 5 rings (SSSR count). The Balaban J connectivity index is 1.52. The molecule has 0 radical (unpaired) electrons. The summed E-state index contributed by atoms with van der Waals surface area (Å²) >= 11 is 0. The molecule has 0 unspecified atom stereocenters. The monoisotopic (exact) mass is 482 g/mol. The molecule has 6 heteroatoms. The molecule has 35 heavy (non-hydrogen) atoms. The van der Waals surface area contributed by atoms with Gasteiger partial charge in [-0.1, -0.05) is 90.5 Å². The van der Waals surface area contributed by atoms with Crippen molar-refractivity contribution in [2.45, 2.75) is 30.8 Å². The lowest BCUT2D eigenvalue weighted by Gasteiger charge is -2.35. The molecule has 1 heterocycles. The predicted molar refractivity (Wildman–Crippen MR) is 138 cm³/mol. The molecular formula is C29H26N2O3S. The Morgan fingerprint density at radius 1 is 0.800 bits per heavy atom. The van der Waals surface area contributed by atoms with Crippen LogP contribution in [-0.4, -0.2) is 24.7 Å². The van der Waals surface area contributed by atoms with Crippen LogP contribution in [0.1, 0.15) is 16.7 Å². The van der Waals surface area contributed by atoms with Crippen molar-refractivity contribution in [1.82, 2.24) is 4.31 Å². The minimum Gasteiger partial charge on any atom is -0.324 e. The van der Waals surface area contributed by atoms with E-state index in [-0.39, 0.29) is 17.3 Å². The number of carbonyl (C=O) groups excluding carboxylic acids is 1. The molecule has 1 atom stereocenters. The highest BCUT2D eigenvalue weighted by Gasteiger charge is 2.39. The zero-order chi connectivity index (χ0) is 24.4. The maximum Gasteiger partial charge on any atom is 0.244 e. The lowest BCUT2D eigenvalue weighted by Crippen LogP contribution is -2.50. The lowest BCUT2D eigenvalue weighted by atomic mass is 9.95. The fourth-order valence-electron chi connectivity index (χ4n) is 4.50. The Hall–Kier alpha value is -3.74. The standard InChI is InChI=1S/C29H26N2O3S/c1-21-15-17-25(18-16-21)35(33,34)31-20-24-12-6-5-11-23(24)19-28(31)29(32)30-27-14-8-7-13-26(27)22-9-3-2-4-10-22/h2-18,28H,19-20H2,1H3,(H,30,32)/t28-/m0/s1. The minimum atomic E-state index is -3.90. The third-order valence-corrected chi connectivity index (χ3v) is 8.27. The molecule has 0 saturated heterocycles. The Bertz CT molecular complexity index is 1470. The normalized spacial score (nSPS) is 15.9. The zero-order valence-electron chi connectivity index (χ0n) is 19.4. The van der Waals surface area contributed by atoms with Crippen LogP contribution >= 0.6 is 0 Å². The van der Waals surface area contributed by atoms with Crippen molar-refractivity contribution in [2.24, 2.45) is 0 Å². The summed E-state index contributed by atoms with van der Waals surface area (Å²) in [4.78, 5) is 13.9. The quantitative estimate of drug-likeness (QED) is 0.413. The van der Waals surface area contributed by atoms with E-state index >= 15 is 0 Å². The number of nitrogens with one attached hydrogen (secondary N) is 1. The first-order valence-corrected chi connectivity index (χ1v) is 13.0. The summed E-state index contributed by atoms with van der Waals surface area (Å²) in [5.74, 6) is -0.349. The Kier molecular flexibility index (Phi) is 6.24. The number of carbonyl (C=O) groups is 1. The van der Waals surface area contributed by atoms with Crippen LogP contribution in [0.25, 0.3) is 11.1 Å². The van der Waals surface area contributed by atoms with Crippen LogP contribution < -0.4 is 5.32 Å². The summed E-state index contributed by atoms with van der Waals surface area (Å²) < 4.78 is 28.8. The van der Waals surface area contributed by atoms with Crippen LogP contribution in [0, 0.1) is 6.92 Å². The largest absolute Gasteiger partial charge is 0.324 e. The van der Waals surface area contributed by atoms with Crippen molar-refractivity contribution in [3.8, 4) is 11.1 Å². The van der Waals surface area contributed by atoms with Gasteiger partial charge in [0.15, 0.2) is 0 Å². The van der Waals surface area contributed by atoms with Crippen molar-refractivity contribution in [3.63, 3.8) is 0 Å². The van der Waals surface area contributed by atoms with Gasteiger partial charge in [-0.2, -0.15) is 4.31 Å². The molecule has 0 aromatic heterocycles. The summed E-state index contributed by atoms with van der Waals surface area (Å²) in [6.45, 7) is 2.05. The van der Waals surface area contributed by atoms with Gasteiger partial charge in [-0.05, 0) is 48.2 Å². The van der Waals surface area contributed by atoms with E-state index in [0.717, 1.165) is 27.8 Å². The molecule has 0 aliphatic carbocycles. The number of anilines is 1. The van der Waals surface area contributed by atoms with Crippen LogP contribution in [0.4, 0.5) is 5.69 Å². The number of aryl methyl sites for hydroxylation is 1. The highest BCUT2D eigenvalue weighted by molar-refractivity contribution is 7.89. The van der Waals surface area contributed by atoms with Crippen molar-refractivity contribution >= 4 is 21.6 Å². The van der Waals surface area contributed by atoms with Gasteiger partial charge in [0.2, 0.25) is 15.9 Å². The Morgan fingerprint density at radius 2 is 1.43 bits per heavy atom. The second-order valence-electron chi connectivity index (χ2n) is 8.75. The van der Waals surface area contributed by atoms with Crippen LogP contribution in [0.5, 0.6) is 0 Å². The van der Waals surface area contributed by atoms with Crippen LogP contribution in [-0.2, 0) is 27.8 Å². The Labute approximate surface area is 206 Å². The van der Waals surface area contributed by atoms with E-state index in [1.54, 1.807) is 24.3 Å². The number of para-hydroxylation sites is 1. The third-order valence-electron chi connectivity index (χ3n) is 6.41. The second kappa shape index (κ2) is 9.49. The average molecular weight is 483 g/mol. The smallest absolute Gasteiger partial charge is 0.244 e. The molecule has 1 N–H and O–H groups in total. The zero-order valence-corrected chi connectivity index (χ0v) is 20.2. The van der Waals surface area contributed by atoms with E-state index in [9.17, 15) is 13.2 Å². The number of fused-ring (bicyclic) bond motifs is 1. The fourth-order valence-corrected chi connectivity index (χ4v) is 6.06. The number of sulfonamides is 1. The first kappa shape index (κ1) is 23.0. The van der Waals surface area contributed by atoms with Crippen molar-refractivity contribution < 1.29 is 13.2 Å². The highest BCUT2D eigenvalue weighted by Crippen LogP contribution is 2.32. The lowest BCUT2D eigenvalue weighted by molar-refractivity contribution is -0.120. The van der Waals surface area contributed by atoms with E-state index in [0.29, 0.717) is 12.1 Å². The maximum absolute atomic E-state index is 13.7. The van der Waals surface area contributed by atoms with Gasteiger partial charge in [-0.3, -0.25) is 4.79 Å². The van der Waals surface area contributed by atoms with Crippen LogP contribution in [0.3, 0.4) is 0 Å². The molecule has 0 saturated carbocycles. The van der Waals surface area contributed by atoms with E-state index in [4.69, 9.17) is 0 Å². The number of rotatable bonds is 5. The summed E-state index contributed by atoms with van der Waals surface area (Å²) in [5.41, 5.74) is 5.37. The SMILES string of the molecule is Cc1ccc(S(=O)(=O)N2Cc3ccccc3C[C@H]2C(=O)Nc2ccccc2-c2ccccc2)cc1. The fraction of sp³-hybridized carbons (Fsp3) is 0.138. The van der Waals surface area contributed by atoms with Gasteiger partial charge in [0.05, 0.1) is 4.90 Å². The van der Waals surface area contributed by atoms with Crippen molar-refractivity contribution in [2.75, 3.05) is 5.32 Å². The van der Waals surface area contributed by atoms with Crippen LogP contribution in [0.15, 0.2) is 108 Å². The van der Waals surface area contributed by atoms with Crippen molar-refractivity contribution in [3.05, 3.63) is 120 Å². The average Bonchev–Trinajstić information content (AvgIpc) is 2.89. The number of amides is 1. The molecule has 1 aliphatic rings. The van der Waals surface area contributed by atoms with E-state index in [2.05, 4.69) is 5.32 Å². The third kappa shape index (κ3) is 4.63. The topological polar surface area (TPSA) is 66.5 Å². The van der Waals surface area contributed by atoms with E-state index in [1.807, 2.05) is 85.8 Å². The first-order chi connectivity index (χ1) is 16.9. The summed E-state index contributed by atoms with van der Waals surface area (Å²) in [6.07, 6.45) is 0.306. The van der Waals surface area contributed by atoms with Crippen molar-refractivity contribution in [1.29, 1.82) is 0 Å². The number of nitrogens with zero attached hydrogens (tertiary/aromatic N) is 1. The minimum absolute atomic E-state index is 0.144. The Morgan fingerprint density at radius 3 is 2.17 bits per heavy atom. The predicted octanol–water partition coefficient (Wildman–Crippen LogP) is 5.42. The molecule has 0 bridgehead atoms. The first-order valence-electron chi connectivity index (χ1n) is 11.5. The van der Waals surface area contributed by atoms with Gasteiger partial charge in [-0.15, -0.1) is 0 Å². The summed E-state index contributed by atoms with van der Waals surface area (Å²) in [7, 11) is -3.90. The van der Waals surface area contributed by atoms with E-state index < -0.39 is 16.1 Å². The second-order valence-corrected chi connectivity index (χ2v) is 10.6. The summed E-state index contributed by atoms with van der Waals surface area (Å²) in [6, 6.07) is 30.9. The maximum atomic E-state index is 13.7. The molecule has 1 amide bonds. The molecule has 4 aromatic rings. The molecule has 1 aliphatic heterocycles. The molecule has 176 valence electrons. The van der Waals surface area contributed by atoms with Gasteiger partial charge in [-0.25, -0.2) is 8.42 Å². The van der Waals surface area contributed by atoms with Crippen LogP contribution in [0.2, 0.25) is 0 Å².